The van der Waals surface area contributed by atoms with Crippen molar-refractivity contribution >= 4 is 48.6 Å². The first kappa shape index (κ1) is 26.6. The van der Waals surface area contributed by atoms with Crippen molar-refractivity contribution in [1.29, 1.82) is 0 Å². The van der Waals surface area contributed by atoms with Crippen LogP contribution in [-0.2, 0) is 21.2 Å². The smallest absolute Gasteiger partial charge is 0.358 e. The number of hydrogen-bond acceptors (Lipinski definition) is 9. The summed E-state index contributed by atoms with van der Waals surface area (Å²) in [6.45, 7) is 3.96. The van der Waals surface area contributed by atoms with E-state index in [2.05, 4.69) is 9.97 Å². The second kappa shape index (κ2) is 10.3. The van der Waals surface area contributed by atoms with E-state index in [4.69, 9.17) is 19.6 Å². The zero-order valence-electron chi connectivity index (χ0n) is 21.2. The van der Waals surface area contributed by atoms with Crippen LogP contribution in [0.4, 0.5) is 4.39 Å². The van der Waals surface area contributed by atoms with Crippen LogP contribution < -0.4 is 9.88 Å². The summed E-state index contributed by atoms with van der Waals surface area (Å²) in [4.78, 5) is 25.5. The molecule has 0 aliphatic heterocycles. The fourth-order valence-electron chi connectivity index (χ4n) is 4.29. The van der Waals surface area contributed by atoms with Gasteiger partial charge in [0, 0.05) is 12.0 Å². The van der Waals surface area contributed by atoms with E-state index in [0.717, 1.165) is 50.1 Å². The summed E-state index contributed by atoms with van der Waals surface area (Å²) in [6, 6.07) is 10.9. The molecular formula is C27H23FN4O5S2. The Kier molecular flexibility index (Phi) is 7.02. The van der Waals surface area contributed by atoms with Gasteiger partial charge in [0.2, 0.25) is 10.0 Å². The third-order valence-corrected chi connectivity index (χ3v) is 8.09. The van der Waals surface area contributed by atoms with E-state index in [1.807, 2.05) is 38.1 Å². The molecule has 12 heteroatoms. The molecule has 0 bridgehead atoms. The van der Waals surface area contributed by atoms with Crippen molar-refractivity contribution in [3.63, 3.8) is 0 Å². The molecule has 0 spiro atoms. The van der Waals surface area contributed by atoms with Crippen LogP contribution in [0.3, 0.4) is 0 Å². The van der Waals surface area contributed by atoms with Crippen LogP contribution in [0, 0.1) is 19.7 Å². The number of thiazole rings is 1. The number of nitrogens with two attached hydrogens (primary N) is 1. The van der Waals surface area contributed by atoms with Crippen LogP contribution in [0.15, 0.2) is 53.6 Å². The molecule has 2 N–H and O–H groups in total. The fraction of sp³-hybridized carbons (Fsp3) is 0.185. The first-order chi connectivity index (χ1) is 18.5. The molecule has 39 heavy (non-hydrogen) atoms. The standard InChI is InChI=1S/C27H23FN4O5S2/c1-14-8-19(25-20(9-14)31-21(13-30-25)27(33)36-3)26-32-24-15(2)10-18(12-22(24)38-26)37-7-6-16-11-17(28)4-5-23(16)39(29,34)35/h4-5,8-13H,6-7H2,1-3H3,(H2,29,34,35). The van der Waals surface area contributed by atoms with Gasteiger partial charge in [-0.05, 0) is 73.0 Å². The average molecular weight is 567 g/mol. The van der Waals surface area contributed by atoms with Crippen molar-refractivity contribution in [3.05, 3.63) is 76.9 Å². The number of benzene rings is 3. The van der Waals surface area contributed by atoms with Crippen molar-refractivity contribution in [1.82, 2.24) is 15.0 Å². The monoisotopic (exact) mass is 566 g/mol. The second-order valence-corrected chi connectivity index (χ2v) is 11.5. The van der Waals surface area contributed by atoms with E-state index in [-0.39, 0.29) is 29.2 Å². The van der Waals surface area contributed by atoms with Crippen LogP contribution >= 0.6 is 11.3 Å². The van der Waals surface area contributed by atoms with E-state index in [0.29, 0.717) is 16.8 Å². The topological polar surface area (TPSA) is 134 Å². The van der Waals surface area contributed by atoms with Gasteiger partial charge < -0.3 is 9.47 Å². The Labute approximate surface area is 227 Å². The normalized spacial score (nSPS) is 11.7. The number of hydrogen-bond donors (Lipinski definition) is 1. The number of sulfonamides is 1. The number of methoxy groups -OCH3 is 1. The minimum atomic E-state index is -3.99. The number of nitrogens with zero attached hydrogens (tertiary/aromatic N) is 3. The Balaban J connectivity index is 1.45. The molecule has 200 valence electrons. The average Bonchev–Trinajstić information content (AvgIpc) is 3.31. The van der Waals surface area contributed by atoms with Gasteiger partial charge in [0.1, 0.15) is 16.6 Å². The van der Waals surface area contributed by atoms with E-state index in [9.17, 15) is 17.6 Å². The van der Waals surface area contributed by atoms with Crippen molar-refractivity contribution in [2.24, 2.45) is 5.14 Å². The lowest BCUT2D eigenvalue weighted by Crippen LogP contribution is -2.16. The van der Waals surface area contributed by atoms with Gasteiger partial charge in [0.25, 0.3) is 0 Å². The van der Waals surface area contributed by atoms with Gasteiger partial charge in [-0.25, -0.2) is 32.7 Å². The van der Waals surface area contributed by atoms with Gasteiger partial charge in [-0.1, -0.05) is 0 Å². The van der Waals surface area contributed by atoms with Crippen LogP contribution in [0.2, 0.25) is 0 Å². The highest BCUT2D eigenvalue weighted by Gasteiger charge is 2.18. The lowest BCUT2D eigenvalue weighted by Gasteiger charge is -2.10. The summed E-state index contributed by atoms with van der Waals surface area (Å²) in [7, 11) is -2.70. The second-order valence-electron chi connectivity index (χ2n) is 8.93. The zero-order chi connectivity index (χ0) is 27.9. The Morgan fingerprint density at radius 3 is 2.62 bits per heavy atom. The van der Waals surface area contributed by atoms with Crippen LogP contribution in [0.1, 0.15) is 27.2 Å². The van der Waals surface area contributed by atoms with Gasteiger partial charge >= 0.3 is 5.97 Å². The molecule has 3 aromatic carbocycles. The van der Waals surface area contributed by atoms with Crippen molar-refractivity contribution in [2.45, 2.75) is 25.2 Å². The highest BCUT2D eigenvalue weighted by atomic mass is 32.2. The number of carbonyl (C=O) groups excluding carboxylic acids is 1. The molecule has 0 saturated heterocycles. The van der Waals surface area contributed by atoms with E-state index in [1.54, 1.807) is 0 Å². The summed E-state index contributed by atoms with van der Waals surface area (Å²) in [6.07, 6.45) is 1.54. The van der Waals surface area contributed by atoms with Gasteiger partial charge in [-0.15, -0.1) is 11.3 Å². The lowest BCUT2D eigenvalue weighted by atomic mass is 10.1. The molecule has 0 amide bonds. The van der Waals surface area contributed by atoms with Crippen molar-refractivity contribution in [3.8, 4) is 16.3 Å². The lowest BCUT2D eigenvalue weighted by molar-refractivity contribution is 0.0594. The third-order valence-electron chi connectivity index (χ3n) is 6.04. The molecule has 0 aliphatic rings. The minimum Gasteiger partial charge on any atom is -0.493 e. The van der Waals surface area contributed by atoms with Crippen molar-refractivity contribution in [2.75, 3.05) is 13.7 Å². The molecule has 2 aromatic heterocycles. The molecule has 0 saturated carbocycles. The molecule has 9 nitrogen and oxygen atoms in total. The van der Waals surface area contributed by atoms with E-state index < -0.39 is 21.8 Å². The largest absolute Gasteiger partial charge is 0.493 e. The highest BCUT2D eigenvalue weighted by molar-refractivity contribution is 7.89. The zero-order valence-corrected chi connectivity index (χ0v) is 22.8. The fourth-order valence-corrected chi connectivity index (χ4v) is 6.17. The maximum Gasteiger partial charge on any atom is 0.358 e. The van der Waals surface area contributed by atoms with Crippen LogP contribution in [0.25, 0.3) is 31.8 Å². The molecule has 2 heterocycles. The minimum absolute atomic E-state index is 0.114. The number of fused-ring (bicyclic) bond motifs is 2. The highest BCUT2D eigenvalue weighted by Crippen LogP contribution is 2.37. The number of ether oxygens (including phenoxy) is 2. The Morgan fingerprint density at radius 2 is 1.87 bits per heavy atom. The third kappa shape index (κ3) is 5.44. The summed E-state index contributed by atoms with van der Waals surface area (Å²) < 4.78 is 49.0. The first-order valence-corrected chi connectivity index (χ1v) is 14.1. The van der Waals surface area contributed by atoms with E-state index in [1.165, 1.54) is 24.6 Å². The molecule has 0 radical (unpaired) electrons. The number of rotatable bonds is 7. The molecule has 0 atom stereocenters. The van der Waals surface area contributed by atoms with Gasteiger partial charge in [-0.2, -0.15) is 0 Å². The summed E-state index contributed by atoms with van der Waals surface area (Å²) in [5.41, 5.74) is 4.96. The number of primary sulfonamides is 1. The number of carbonyl (C=O) groups is 1. The Bertz CT molecular complexity index is 1870. The van der Waals surface area contributed by atoms with Gasteiger partial charge in [0.15, 0.2) is 5.69 Å². The molecule has 0 aliphatic carbocycles. The molecule has 0 unspecified atom stereocenters. The summed E-state index contributed by atoms with van der Waals surface area (Å²) >= 11 is 1.46. The Morgan fingerprint density at radius 1 is 1.08 bits per heavy atom. The quantitative estimate of drug-likeness (QED) is 0.280. The predicted octanol–water partition coefficient (Wildman–Crippen LogP) is 4.72. The first-order valence-electron chi connectivity index (χ1n) is 11.7. The molecule has 0 fully saturated rings. The van der Waals surface area contributed by atoms with Crippen LogP contribution in [-0.4, -0.2) is 43.1 Å². The van der Waals surface area contributed by atoms with Gasteiger partial charge in [0.05, 0.1) is 46.1 Å². The number of halogens is 1. The van der Waals surface area contributed by atoms with Crippen LogP contribution in [0.5, 0.6) is 5.75 Å². The predicted molar refractivity (Wildman–Crippen MR) is 146 cm³/mol. The van der Waals surface area contributed by atoms with Crippen molar-refractivity contribution < 1.29 is 27.1 Å². The maximum absolute atomic E-state index is 13.7. The van der Waals surface area contributed by atoms with E-state index >= 15 is 0 Å². The molecular weight excluding hydrogens is 543 g/mol. The Hall–Kier alpha value is -4.00. The molecule has 5 rings (SSSR count). The maximum atomic E-state index is 13.7. The number of aromatic nitrogens is 3. The molecule has 5 aromatic rings. The van der Waals surface area contributed by atoms with Gasteiger partial charge in [-0.3, -0.25) is 4.98 Å². The number of aryl methyl sites for hydroxylation is 2. The summed E-state index contributed by atoms with van der Waals surface area (Å²) in [5, 5.41) is 6.00. The number of esters is 1. The summed E-state index contributed by atoms with van der Waals surface area (Å²) in [5.74, 6) is -0.545. The SMILES string of the molecule is COC(=O)c1cnc2c(-c3nc4c(C)cc(OCCc5cc(F)ccc5S(N)(=O)=O)cc4s3)cc(C)cc2n1.